The van der Waals surface area contributed by atoms with Gasteiger partial charge in [-0.3, -0.25) is 9.69 Å². The molecular formula is C29H37F3N2O4. The van der Waals surface area contributed by atoms with E-state index in [1.54, 1.807) is 26.8 Å². The van der Waals surface area contributed by atoms with Gasteiger partial charge in [0.1, 0.15) is 12.4 Å². The highest BCUT2D eigenvalue weighted by Crippen LogP contribution is 2.38. The van der Waals surface area contributed by atoms with Crippen molar-refractivity contribution in [3.05, 3.63) is 64.2 Å². The summed E-state index contributed by atoms with van der Waals surface area (Å²) in [6, 6.07) is 10.3. The van der Waals surface area contributed by atoms with E-state index in [0.29, 0.717) is 24.2 Å². The minimum Gasteiger partial charge on any atom is -0.490 e. The molecule has 0 saturated heterocycles. The summed E-state index contributed by atoms with van der Waals surface area (Å²) in [5, 5.41) is 4.15. The van der Waals surface area contributed by atoms with Crippen molar-refractivity contribution in [1.82, 2.24) is 4.90 Å². The number of hydrogen-bond acceptors (Lipinski definition) is 6. The molecule has 2 aromatic rings. The number of aryl methyl sites for hydroxylation is 1. The minimum absolute atomic E-state index is 0.0978. The van der Waals surface area contributed by atoms with Crippen LogP contribution in [-0.4, -0.2) is 42.4 Å². The molecule has 0 N–H and O–H groups in total. The van der Waals surface area contributed by atoms with Crippen LogP contribution in [-0.2, 0) is 33.6 Å². The van der Waals surface area contributed by atoms with Crippen LogP contribution < -0.4 is 4.74 Å². The lowest BCUT2D eigenvalue weighted by Crippen LogP contribution is -2.26. The number of alkyl halides is 3. The number of hydrogen-bond donors (Lipinski definition) is 0. The average molecular weight is 535 g/mol. The third-order valence-electron chi connectivity index (χ3n) is 6.32. The van der Waals surface area contributed by atoms with E-state index in [0.717, 1.165) is 24.5 Å². The fourth-order valence-electron chi connectivity index (χ4n) is 4.52. The molecule has 3 rings (SSSR count). The quantitative estimate of drug-likeness (QED) is 0.183. The van der Waals surface area contributed by atoms with Crippen LogP contribution in [0.2, 0.25) is 0 Å². The first kappa shape index (κ1) is 29.5. The van der Waals surface area contributed by atoms with Crippen LogP contribution in [0.1, 0.15) is 81.3 Å². The highest BCUT2D eigenvalue weighted by atomic mass is 19.4. The van der Waals surface area contributed by atoms with Crippen molar-refractivity contribution in [2.45, 2.75) is 84.9 Å². The second kappa shape index (κ2) is 12.7. The van der Waals surface area contributed by atoms with Gasteiger partial charge >= 0.3 is 12.1 Å². The lowest BCUT2D eigenvalue weighted by molar-refractivity contribution is -0.147. The van der Waals surface area contributed by atoms with Gasteiger partial charge in [-0.1, -0.05) is 23.4 Å². The second-order valence-corrected chi connectivity index (χ2v) is 10.2. The van der Waals surface area contributed by atoms with Crippen LogP contribution in [0.3, 0.4) is 0 Å². The van der Waals surface area contributed by atoms with Crippen LogP contribution in [0.5, 0.6) is 5.75 Å². The van der Waals surface area contributed by atoms with Crippen molar-refractivity contribution >= 4 is 11.7 Å². The normalized spacial score (nSPS) is 15.8. The van der Waals surface area contributed by atoms with Gasteiger partial charge in [0, 0.05) is 12.6 Å². The maximum absolute atomic E-state index is 13.5. The van der Waals surface area contributed by atoms with Crippen molar-refractivity contribution in [3.8, 4) is 5.75 Å². The van der Waals surface area contributed by atoms with Crippen molar-refractivity contribution < 1.29 is 32.3 Å². The molecule has 0 bridgehead atoms. The molecule has 0 fully saturated rings. The molecule has 208 valence electrons. The molecule has 9 heteroatoms. The van der Waals surface area contributed by atoms with Crippen molar-refractivity contribution in [2.24, 2.45) is 5.16 Å². The Bertz CT molecular complexity index is 1150. The van der Waals surface area contributed by atoms with E-state index < -0.39 is 11.7 Å². The van der Waals surface area contributed by atoms with E-state index in [2.05, 4.69) is 22.2 Å². The molecule has 6 nitrogen and oxygen atoms in total. The first-order chi connectivity index (χ1) is 17.8. The Morgan fingerprint density at radius 3 is 2.50 bits per heavy atom. The number of carbonyl (C=O) groups excluding carboxylic acids is 1. The molecule has 2 aromatic carbocycles. The first-order valence-electron chi connectivity index (χ1n) is 12.9. The van der Waals surface area contributed by atoms with Crippen molar-refractivity contribution in [1.29, 1.82) is 0 Å². The fourth-order valence-corrected chi connectivity index (χ4v) is 4.52. The molecule has 0 amide bonds. The van der Waals surface area contributed by atoms with Gasteiger partial charge < -0.3 is 14.3 Å². The Balaban J connectivity index is 1.62. The van der Waals surface area contributed by atoms with Crippen molar-refractivity contribution in [2.75, 3.05) is 13.6 Å². The predicted molar refractivity (Wildman–Crippen MR) is 140 cm³/mol. The minimum atomic E-state index is -4.53. The molecule has 0 aliphatic heterocycles. The van der Waals surface area contributed by atoms with Gasteiger partial charge in [-0.25, -0.2) is 0 Å². The molecule has 1 aliphatic rings. The molecule has 1 atom stereocenters. The molecule has 0 saturated carbocycles. The smallest absolute Gasteiger partial charge is 0.419 e. The zero-order valence-electron chi connectivity index (χ0n) is 22.9. The summed E-state index contributed by atoms with van der Waals surface area (Å²) in [7, 11) is 2.02. The number of nitrogens with zero attached hydrogens (tertiary/aromatic N) is 2. The average Bonchev–Trinajstić information content (AvgIpc) is 3.25. The summed E-state index contributed by atoms with van der Waals surface area (Å²) in [5.41, 5.74) is 3.49. The van der Waals surface area contributed by atoms with E-state index in [9.17, 15) is 18.0 Å². The standard InChI is InChI=1S/C29H37F3N2O4/c1-18(2)37-27-12-7-21(15-25(27)29(30,31)32)17-36-33-20(5)22-8-10-24-23(16-22)9-11-26(24)34(6)14-13-28(35)38-19(3)4/h7-8,10,12,15-16,18-19,26H,9,11,13-14,17H2,1-6H3/b33-20+. The van der Waals surface area contributed by atoms with Crippen LogP contribution in [0.4, 0.5) is 13.2 Å². The largest absolute Gasteiger partial charge is 0.490 e. The first-order valence-corrected chi connectivity index (χ1v) is 12.9. The lowest BCUT2D eigenvalue weighted by Gasteiger charge is -2.25. The Morgan fingerprint density at radius 2 is 1.84 bits per heavy atom. The Kier molecular flexibility index (Phi) is 9.82. The van der Waals surface area contributed by atoms with Crippen LogP contribution >= 0.6 is 0 Å². The van der Waals surface area contributed by atoms with E-state index in [1.807, 2.05) is 27.0 Å². The van der Waals surface area contributed by atoms with E-state index in [1.165, 1.54) is 17.2 Å². The fraction of sp³-hybridized carbons (Fsp3) is 0.517. The van der Waals surface area contributed by atoms with Crippen LogP contribution in [0.15, 0.2) is 41.6 Å². The molecule has 38 heavy (non-hydrogen) atoms. The Labute approximate surface area is 222 Å². The lowest BCUT2D eigenvalue weighted by atomic mass is 10.0. The van der Waals surface area contributed by atoms with Gasteiger partial charge in [-0.15, -0.1) is 0 Å². The zero-order chi connectivity index (χ0) is 28.0. The monoisotopic (exact) mass is 534 g/mol. The molecule has 1 aliphatic carbocycles. The summed E-state index contributed by atoms with van der Waals surface area (Å²) < 4.78 is 51.0. The van der Waals surface area contributed by atoms with Gasteiger partial charge in [0.15, 0.2) is 0 Å². The van der Waals surface area contributed by atoms with Gasteiger partial charge in [-0.2, -0.15) is 13.2 Å². The Morgan fingerprint density at radius 1 is 1.11 bits per heavy atom. The summed E-state index contributed by atoms with van der Waals surface area (Å²) >= 11 is 0. The summed E-state index contributed by atoms with van der Waals surface area (Å²) in [4.78, 5) is 19.5. The number of halogens is 3. The topological polar surface area (TPSA) is 60.4 Å². The van der Waals surface area contributed by atoms with Gasteiger partial charge in [0.25, 0.3) is 0 Å². The number of esters is 1. The van der Waals surface area contributed by atoms with Crippen LogP contribution in [0, 0.1) is 0 Å². The van der Waals surface area contributed by atoms with Crippen molar-refractivity contribution in [3.63, 3.8) is 0 Å². The number of fused-ring (bicyclic) bond motifs is 1. The number of benzene rings is 2. The number of rotatable bonds is 11. The third-order valence-corrected chi connectivity index (χ3v) is 6.32. The predicted octanol–water partition coefficient (Wildman–Crippen LogP) is 6.69. The Hall–Kier alpha value is -3.07. The second-order valence-electron chi connectivity index (χ2n) is 10.2. The highest BCUT2D eigenvalue weighted by Gasteiger charge is 2.35. The summed E-state index contributed by atoms with van der Waals surface area (Å²) in [5.74, 6) is -0.393. The SMILES string of the molecule is C/C(=N\OCc1ccc(OC(C)C)c(C(F)(F)F)c1)c1ccc2c(c1)CCC2N(C)CCC(=O)OC(C)C. The summed E-state index contributed by atoms with van der Waals surface area (Å²) in [6.45, 7) is 9.37. The van der Waals surface area contributed by atoms with Gasteiger partial charge in [-0.05, 0) is 95.0 Å². The summed E-state index contributed by atoms with van der Waals surface area (Å²) in [6.07, 6.45) is -2.81. The van der Waals surface area contributed by atoms with E-state index in [4.69, 9.17) is 14.3 Å². The van der Waals surface area contributed by atoms with Gasteiger partial charge in [0.2, 0.25) is 0 Å². The highest BCUT2D eigenvalue weighted by molar-refractivity contribution is 5.98. The van der Waals surface area contributed by atoms with E-state index in [-0.39, 0.29) is 36.6 Å². The number of carbonyl (C=O) groups is 1. The van der Waals surface area contributed by atoms with Gasteiger partial charge in [0.05, 0.1) is 29.9 Å². The number of ether oxygens (including phenoxy) is 2. The molecule has 0 radical (unpaired) electrons. The maximum atomic E-state index is 13.5. The van der Waals surface area contributed by atoms with E-state index >= 15 is 0 Å². The molecule has 0 aromatic heterocycles. The third kappa shape index (κ3) is 7.96. The molecule has 0 spiro atoms. The maximum Gasteiger partial charge on any atom is 0.419 e. The molecule has 0 heterocycles. The van der Waals surface area contributed by atoms with Crippen LogP contribution in [0.25, 0.3) is 0 Å². The molecular weight excluding hydrogens is 497 g/mol. The molecule has 1 unspecified atom stereocenters. The zero-order valence-corrected chi connectivity index (χ0v) is 22.9. The number of oxime groups is 1.